The molecule has 216 valence electrons. The Kier molecular flexibility index (Phi) is 8.11. The highest BCUT2D eigenvalue weighted by atomic mass is 16.5. The lowest BCUT2D eigenvalue weighted by atomic mass is 10.0. The number of ketones is 1. The third-order valence-electron chi connectivity index (χ3n) is 8.01. The van der Waals surface area contributed by atoms with Crippen molar-refractivity contribution in [2.45, 2.75) is 12.5 Å². The topological polar surface area (TPSA) is 87.2 Å². The number of carbonyl (C=O) groups is 4. The first-order valence-corrected chi connectivity index (χ1v) is 14.3. The fourth-order valence-corrected chi connectivity index (χ4v) is 5.63. The van der Waals surface area contributed by atoms with Crippen molar-refractivity contribution >= 4 is 34.9 Å². The molecule has 4 aromatic carbocycles. The van der Waals surface area contributed by atoms with Crippen LogP contribution in [0.15, 0.2) is 109 Å². The van der Waals surface area contributed by atoms with E-state index in [9.17, 15) is 19.2 Å². The highest BCUT2D eigenvalue weighted by Gasteiger charge is 2.43. The van der Waals surface area contributed by atoms with Gasteiger partial charge in [0.05, 0.1) is 23.7 Å². The molecule has 8 nitrogen and oxygen atoms in total. The van der Waals surface area contributed by atoms with Crippen LogP contribution in [0.5, 0.6) is 0 Å². The van der Waals surface area contributed by atoms with Gasteiger partial charge in [-0.3, -0.25) is 19.3 Å². The van der Waals surface area contributed by atoms with Crippen LogP contribution in [0.25, 0.3) is 11.1 Å². The van der Waals surface area contributed by atoms with Gasteiger partial charge in [-0.25, -0.2) is 9.69 Å². The van der Waals surface area contributed by atoms with Crippen molar-refractivity contribution in [2.24, 2.45) is 0 Å². The molecule has 43 heavy (non-hydrogen) atoms. The minimum Gasteiger partial charge on any atom is -0.454 e. The molecule has 0 bridgehead atoms. The van der Waals surface area contributed by atoms with E-state index < -0.39 is 18.6 Å². The number of imide groups is 1. The molecular weight excluding hydrogens is 542 g/mol. The number of esters is 1. The van der Waals surface area contributed by atoms with Crippen LogP contribution in [0, 0.1) is 0 Å². The third kappa shape index (κ3) is 6.10. The molecule has 0 saturated carbocycles. The van der Waals surface area contributed by atoms with Gasteiger partial charge < -0.3 is 9.64 Å². The van der Waals surface area contributed by atoms with E-state index in [2.05, 4.69) is 21.9 Å². The molecule has 2 amide bonds. The fourth-order valence-electron chi connectivity index (χ4n) is 5.63. The summed E-state index contributed by atoms with van der Waals surface area (Å²) in [5.41, 5.74) is 4.27. The number of amides is 2. The second-order valence-corrected chi connectivity index (χ2v) is 10.6. The summed E-state index contributed by atoms with van der Waals surface area (Å²) in [6, 6.07) is 32.8. The SMILES string of the molecule is O=C(COC(=O)c1ccc(N2C(=O)CC(N3CCN(c4ccccc4)CC3)C2=O)cc1)c1ccc(-c2ccccc2)cc1. The molecule has 0 radical (unpaired) electrons. The van der Waals surface area contributed by atoms with E-state index in [4.69, 9.17) is 4.74 Å². The molecule has 2 fully saturated rings. The molecule has 0 aliphatic carbocycles. The molecule has 2 aliphatic rings. The van der Waals surface area contributed by atoms with E-state index in [0.29, 0.717) is 24.3 Å². The van der Waals surface area contributed by atoms with Gasteiger partial charge in [0.15, 0.2) is 12.4 Å². The first kappa shape index (κ1) is 28.1. The van der Waals surface area contributed by atoms with E-state index in [1.165, 1.54) is 17.0 Å². The van der Waals surface area contributed by atoms with Gasteiger partial charge in [0.25, 0.3) is 5.91 Å². The molecular formula is C35H31N3O5. The van der Waals surface area contributed by atoms with Crippen LogP contribution in [-0.4, -0.2) is 67.3 Å². The van der Waals surface area contributed by atoms with Crippen LogP contribution in [0.3, 0.4) is 0 Å². The zero-order chi connectivity index (χ0) is 29.8. The lowest BCUT2D eigenvalue weighted by Crippen LogP contribution is -2.52. The average molecular weight is 574 g/mol. The summed E-state index contributed by atoms with van der Waals surface area (Å²) in [7, 11) is 0. The summed E-state index contributed by atoms with van der Waals surface area (Å²) in [4.78, 5) is 57.0. The monoisotopic (exact) mass is 573 g/mol. The van der Waals surface area contributed by atoms with Crippen LogP contribution >= 0.6 is 0 Å². The molecule has 2 heterocycles. The number of rotatable bonds is 8. The first-order chi connectivity index (χ1) is 21.0. The number of Topliss-reactive ketones (excluding diaryl/α,β-unsaturated/α-hetero) is 1. The standard InChI is InChI=1S/C35H31N3O5/c39-32(27-13-11-26(12-14-27)25-7-3-1-4-8-25)24-43-35(42)28-15-17-30(18-16-28)38-33(40)23-31(34(38)41)37-21-19-36(20-22-37)29-9-5-2-6-10-29/h1-18,31H,19-24H2. The molecule has 0 N–H and O–H groups in total. The van der Waals surface area contributed by atoms with Gasteiger partial charge in [0, 0.05) is 37.4 Å². The van der Waals surface area contributed by atoms with Crippen molar-refractivity contribution in [3.05, 3.63) is 120 Å². The second kappa shape index (κ2) is 12.4. The molecule has 4 aromatic rings. The van der Waals surface area contributed by atoms with Crippen LogP contribution in [0.4, 0.5) is 11.4 Å². The van der Waals surface area contributed by atoms with Crippen molar-refractivity contribution in [3.8, 4) is 11.1 Å². The minimum absolute atomic E-state index is 0.127. The summed E-state index contributed by atoms with van der Waals surface area (Å²) in [5.74, 6) is -1.49. The highest BCUT2D eigenvalue weighted by molar-refractivity contribution is 6.22. The highest BCUT2D eigenvalue weighted by Crippen LogP contribution is 2.28. The van der Waals surface area contributed by atoms with E-state index >= 15 is 0 Å². The first-order valence-electron chi connectivity index (χ1n) is 14.3. The molecule has 8 heteroatoms. The second-order valence-electron chi connectivity index (χ2n) is 10.6. The van der Waals surface area contributed by atoms with Crippen LogP contribution < -0.4 is 9.80 Å². The molecule has 2 aliphatic heterocycles. The summed E-state index contributed by atoms with van der Waals surface area (Å²) >= 11 is 0. The Morgan fingerprint density at radius 3 is 1.88 bits per heavy atom. The summed E-state index contributed by atoms with van der Waals surface area (Å²) < 4.78 is 5.26. The van der Waals surface area contributed by atoms with Crippen molar-refractivity contribution in [3.63, 3.8) is 0 Å². The van der Waals surface area contributed by atoms with Crippen LogP contribution in [0.1, 0.15) is 27.1 Å². The summed E-state index contributed by atoms with van der Waals surface area (Å²) in [6.07, 6.45) is 0.127. The van der Waals surface area contributed by atoms with Crippen LogP contribution in [-0.2, 0) is 14.3 Å². The Balaban J connectivity index is 1.02. The summed E-state index contributed by atoms with van der Waals surface area (Å²) in [6.45, 7) is 2.54. The predicted molar refractivity (Wildman–Crippen MR) is 164 cm³/mol. The molecule has 1 unspecified atom stereocenters. The molecule has 2 saturated heterocycles. The third-order valence-corrected chi connectivity index (χ3v) is 8.01. The number of hydrogen-bond donors (Lipinski definition) is 0. The van der Waals surface area contributed by atoms with Gasteiger partial charge in [-0.2, -0.15) is 0 Å². The zero-order valence-corrected chi connectivity index (χ0v) is 23.6. The van der Waals surface area contributed by atoms with Crippen molar-refractivity contribution in [2.75, 3.05) is 42.6 Å². The normalized spacial score (nSPS) is 17.3. The van der Waals surface area contributed by atoms with Gasteiger partial charge in [-0.1, -0.05) is 72.8 Å². The lowest BCUT2D eigenvalue weighted by molar-refractivity contribution is -0.123. The predicted octanol–water partition coefficient (Wildman–Crippen LogP) is 4.85. The molecule has 0 aromatic heterocycles. The number of nitrogens with zero attached hydrogens (tertiary/aromatic N) is 3. The fraction of sp³-hybridized carbons (Fsp3) is 0.200. The lowest BCUT2D eigenvalue weighted by Gasteiger charge is -2.38. The Bertz CT molecular complexity index is 1610. The number of para-hydroxylation sites is 1. The molecule has 6 rings (SSSR count). The van der Waals surface area contributed by atoms with Crippen LogP contribution in [0.2, 0.25) is 0 Å². The number of ether oxygens (including phenoxy) is 1. The Hall–Kier alpha value is -5.08. The van der Waals surface area contributed by atoms with E-state index in [1.54, 1.807) is 24.3 Å². The number of piperazine rings is 1. The maximum Gasteiger partial charge on any atom is 0.338 e. The smallest absolute Gasteiger partial charge is 0.338 e. The number of benzene rings is 4. The van der Waals surface area contributed by atoms with Crippen molar-refractivity contribution in [1.29, 1.82) is 0 Å². The summed E-state index contributed by atoms with van der Waals surface area (Å²) in [5, 5.41) is 0. The van der Waals surface area contributed by atoms with E-state index in [-0.39, 0.29) is 29.6 Å². The number of carbonyl (C=O) groups excluding carboxylic acids is 4. The van der Waals surface area contributed by atoms with Gasteiger partial charge in [0.1, 0.15) is 0 Å². The van der Waals surface area contributed by atoms with E-state index in [0.717, 1.165) is 29.9 Å². The quantitative estimate of drug-likeness (QED) is 0.169. The number of hydrogen-bond acceptors (Lipinski definition) is 7. The largest absolute Gasteiger partial charge is 0.454 e. The van der Waals surface area contributed by atoms with Crippen molar-refractivity contribution in [1.82, 2.24) is 4.90 Å². The van der Waals surface area contributed by atoms with Gasteiger partial charge >= 0.3 is 5.97 Å². The maximum absolute atomic E-state index is 13.3. The van der Waals surface area contributed by atoms with Gasteiger partial charge in [0.2, 0.25) is 5.91 Å². The Labute approximate surface area is 250 Å². The van der Waals surface area contributed by atoms with Gasteiger partial charge in [-0.15, -0.1) is 0 Å². The molecule has 1 atom stereocenters. The Morgan fingerprint density at radius 2 is 1.23 bits per heavy atom. The Morgan fingerprint density at radius 1 is 0.651 bits per heavy atom. The van der Waals surface area contributed by atoms with E-state index in [1.807, 2.05) is 60.7 Å². The molecule has 0 spiro atoms. The number of anilines is 2. The van der Waals surface area contributed by atoms with Crippen molar-refractivity contribution < 1.29 is 23.9 Å². The maximum atomic E-state index is 13.3. The zero-order valence-electron chi connectivity index (χ0n) is 23.6. The van der Waals surface area contributed by atoms with Gasteiger partial charge in [-0.05, 0) is 47.5 Å². The minimum atomic E-state index is -0.658. The average Bonchev–Trinajstić information content (AvgIpc) is 3.37.